The van der Waals surface area contributed by atoms with Crippen LogP contribution >= 0.6 is 23.2 Å². The molecule has 0 radical (unpaired) electrons. The third kappa shape index (κ3) is 3.89. The lowest BCUT2D eigenvalue weighted by Crippen LogP contribution is -2.19. The minimum Gasteiger partial charge on any atom is -0.326 e. The molecule has 0 bridgehead atoms. The van der Waals surface area contributed by atoms with E-state index in [2.05, 4.69) is 10.6 Å². The van der Waals surface area contributed by atoms with E-state index in [1.165, 1.54) is 0 Å². The van der Waals surface area contributed by atoms with Crippen LogP contribution in [0.5, 0.6) is 0 Å². The number of halogens is 2. The molecular formula is C15H18Cl2N2O2. The van der Waals surface area contributed by atoms with Gasteiger partial charge in [0.05, 0.1) is 5.92 Å². The van der Waals surface area contributed by atoms with Crippen molar-refractivity contribution in [2.75, 3.05) is 10.6 Å². The molecule has 0 saturated heterocycles. The van der Waals surface area contributed by atoms with Crippen LogP contribution in [0.15, 0.2) is 18.2 Å². The van der Waals surface area contributed by atoms with Crippen molar-refractivity contribution >= 4 is 46.4 Å². The fourth-order valence-electron chi connectivity index (χ4n) is 1.84. The maximum absolute atomic E-state index is 12.0. The van der Waals surface area contributed by atoms with Gasteiger partial charge >= 0.3 is 0 Å². The molecule has 1 atom stereocenters. The van der Waals surface area contributed by atoms with E-state index in [9.17, 15) is 9.59 Å². The summed E-state index contributed by atoms with van der Waals surface area (Å²) in [5, 5.41) is 5.61. The fraction of sp³-hybridized carbons (Fsp3) is 0.467. The number of amides is 2. The summed E-state index contributed by atoms with van der Waals surface area (Å²) in [5.41, 5.74) is 2.20. The van der Waals surface area contributed by atoms with Crippen LogP contribution in [0.1, 0.15) is 25.8 Å². The fourth-order valence-corrected chi connectivity index (χ4v) is 2.35. The summed E-state index contributed by atoms with van der Waals surface area (Å²) in [6.45, 7) is 5.52. The Morgan fingerprint density at radius 2 is 1.90 bits per heavy atom. The van der Waals surface area contributed by atoms with Crippen molar-refractivity contribution in [2.24, 2.45) is 11.8 Å². The summed E-state index contributed by atoms with van der Waals surface area (Å²) >= 11 is 11.8. The molecule has 0 aromatic heterocycles. The number of alkyl halides is 2. The molecule has 0 heterocycles. The molecule has 1 aliphatic carbocycles. The number of hydrogen-bond donors (Lipinski definition) is 2. The Balaban J connectivity index is 2.09. The molecule has 4 nitrogen and oxygen atoms in total. The molecule has 1 saturated carbocycles. The molecule has 0 aliphatic heterocycles. The van der Waals surface area contributed by atoms with Crippen LogP contribution in [-0.2, 0) is 9.59 Å². The number of hydrogen-bond acceptors (Lipinski definition) is 2. The van der Waals surface area contributed by atoms with Crippen LogP contribution < -0.4 is 10.6 Å². The zero-order chi connectivity index (χ0) is 15.8. The van der Waals surface area contributed by atoms with Gasteiger partial charge in [0.15, 0.2) is 0 Å². The Hall–Kier alpha value is -1.26. The molecule has 2 amide bonds. The van der Waals surface area contributed by atoms with Crippen LogP contribution in [0.2, 0.25) is 0 Å². The number of carbonyl (C=O) groups excluding carboxylic acids is 2. The highest BCUT2D eigenvalue weighted by atomic mass is 35.5. The van der Waals surface area contributed by atoms with Crippen molar-refractivity contribution in [3.8, 4) is 0 Å². The summed E-state index contributed by atoms with van der Waals surface area (Å²) < 4.78 is -0.943. The van der Waals surface area contributed by atoms with Crippen LogP contribution in [-0.4, -0.2) is 16.1 Å². The normalized spacial score (nSPS) is 19.2. The van der Waals surface area contributed by atoms with Gasteiger partial charge in [-0.25, -0.2) is 0 Å². The van der Waals surface area contributed by atoms with Crippen molar-refractivity contribution < 1.29 is 9.59 Å². The average molecular weight is 329 g/mol. The van der Waals surface area contributed by atoms with Crippen molar-refractivity contribution in [1.82, 2.24) is 0 Å². The Bertz CT molecular complexity index is 585. The number of aryl methyl sites for hydroxylation is 1. The first-order valence-electron chi connectivity index (χ1n) is 6.81. The van der Waals surface area contributed by atoms with Gasteiger partial charge in [-0.05, 0) is 31.0 Å². The van der Waals surface area contributed by atoms with Crippen LogP contribution in [0, 0.1) is 18.8 Å². The van der Waals surface area contributed by atoms with E-state index < -0.39 is 4.33 Å². The molecule has 21 heavy (non-hydrogen) atoms. The van der Waals surface area contributed by atoms with E-state index in [-0.39, 0.29) is 23.7 Å². The minimum absolute atomic E-state index is 0.0705. The Morgan fingerprint density at radius 1 is 1.29 bits per heavy atom. The Morgan fingerprint density at radius 3 is 2.43 bits per heavy atom. The van der Waals surface area contributed by atoms with Gasteiger partial charge in [0.1, 0.15) is 4.33 Å². The summed E-state index contributed by atoms with van der Waals surface area (Å²) in [6.07, 6.45) is 0.463. The zero-order valence-corrected chi connectivity index (χ0v) is 13.7. The van der Waals surface area contributed by atoms with Crippen molar-refractivity contribution in [1.29, 1.82) is 0 Å². The van der Waals surface area contributed by atoms with Gasteiger partial charge in [0, 0.05) is 17.3 Å². The zero-order valence-electron chi connectivity index (χ0n) is 12.2. The second-order valence-electron chi connectivity index (χ2n) is 5.68. The number of anilines is 2. The van der Waals surface area contributed by atoms with Gasteiger partial charge in [-0.2, -0.15) is 0 Å². The quantitative estimate of drug-likeness (QED) is 0.827. The monoisotopic (exact) mass is 328 g/mol. The molecule has 2 rings (SSSR count). The lowest BCUT2D eigenvalue weighted by atomic mass is 10.1. The second-order valence-corrected chi connectivity index (χ2v) is 7.22. The van der Waals surface area contributed by atoms with Crippen molar-refractivity contribution in [3.63, 3.8) is 0 Å². The van der Waals surface area contributed by atoms with Gasteiger partial charge in [-0.3, -0.25) is 9.59 Å². The molecule has 1 unspecified atom stereocenters. The number of carbonyl (C=O) groups is 2. The first kappa shape index (κ1) is 16.1. The molecule has 1 aromatic carbocycles. The van der Waals surface area contributed by atoms with Crippen LogP contribution in [0.4, 0.5) is 11.4 Å². The van der Waals surface area contributed by atoms with E-state index in [4.69, 9.17) is 23.2 Å². The lowest BCUT2D eigenvalue weighted by molar-refractivity contribution is -0.119. The van der Waals surface area contributed by atoms with Crippen molar-refractivity contribution in [3.05, 3.63) is 23.8 Å². The average Bonchev–Trinajstić information content (AvgIpc) is 3.02. The van der Waals surface area contributed by atoms with Crippen LogP contribution in [0.25, 0.3) is 0 Å². The maximum atomic E-state index is 12.0. The third-order valence-electron chi connectivity index (χ3n) is 3.43. The predicted molar refractivity (Wildman–Crippen MR) is 85.8 cm³/mol. The number of benzene rings is 1. The standard InChI is InChI=1S/C15H18Cl2N2O2/c1-8(2)13(20)18-10-5-4-9(3)12(6-10)19-14(21)11-7-15(11,16)17/h4-6,8,11H,7H2,1-3H3,(H,18,20)(H,19,21). The highest BCUT2D eigenvalue weighted by Crippen LogP contribution is 2.53. The van der Waals surface area contributed by atoms with E-state index in [0.29, 0.717) is 17.8 Å². The number of rotatable bonds is 4. The van der Waals surface area contributed by atoms with Gasteiger partial charge in [0.25, 0.3) is 0 Å². The maximum Gasteiger partial charge on any atom is 0.230 e. The van der Waals surface area contributed by atoms with Gasteiger partial charge < -0.3 is 10.6 Å². The third-order valence-corrected chi connectivity index (χ3v) is 4.27. The molecule has 1 aromatic rings. The summed E-state index contributed by atoms with van der Waals surface area (Å²) in [4.78, 5) is 23.7. The molecule has 1 fully saturated rings. The minimum atomic E-state index is -0.943. The summed E-state index contributed by atoms with van der Waals surface area (Å²) in [5.74, 6) is -0.757. The molecule has 6 heteroatoms. The van der Waals surface area contributed by atoms with Crippen molar-refractivity contribution in [2.45, 2.75) is 31.5 Å². The molecule has 2 N–H and O–H groups in total. The Labute approximate surface area is 134 Å². The second kappa shape index (κ2) is 5.85. The van der Waals surface area contributed by atoms with Gasteiger partial charge in [-0.1, -0.05) is 19.9 Å². The van der Waals surface area contributed by atoms with Gasteiger partial charge in [-0.15, -0.1) is 23.2 Å². The predicted octanol–water partition coefficient (Wildman–Crippen LogP) is 3.72. The SMILES string of the molecule is Cc1ccc(NC(=O)C(C)C)cc1NC(=O)C1CC1(Cl)Cl. The molecule has 114 valence electrons. The van der Waals surface area contributed by atoms with Crippen LogP contribution in [0.3, 0.4) is 0 Å². The lowest BCUT2D eigenvalue weighted by Gasteiger charge is -2.12. The first-order chi connectivity index (χ1) is 9.70. The largest absolute Gasteiger partial charge is 0.326 e. The number of nitrogens with one attached hydrogen (secondary N) is 2. The van der Waals surface area contributed by atoms with E-state index in [1.807, 2.05) is 26.8 Å². The molecule has 1 aliphatic rings. The highest BCUT2D eigenvalue weighted by molar-refractivity contribution is 6.52. The summed E-state index contributed by atoms with van der Waals surface area (Å²) in [6, 6.07) is 5.38. The Kier molecular flexibility index (Phi) is 4.49. The molecule has 0 spiro atoms. The molecular weight excluding hydrogens is 311 g/mol. The summed E-state index contributed by atoms with van der Waals surface area (Å²) in [7, 11) is 0. The highest BCUT2D eigenvalue weighted by Gasteiger charge is 2.56. The topological polar surface area (TPSA) is 58.2 Å². The smallest absolute Gasteiger partial charge is 0.230 e. The van der Waals surface area contributed by atoms with E-state index in [1.54, 1.807) is 12.1 Å². The van der Waals surface area contributed by atoms with Gasteiger partial charge in [0.2, 0.25) is 11.8 Å². The van der Waals surface area contributed by atoms with E-state index >= 15 is 0 Å². The first-order valence-corrected chi connectivity index (χ1v) is 7.56. The van der Waals surface area contributed by atoms with E-state index in [0.717, 1.165) is 5.56 Å².